The number of amides is 1. The Morgan fingerprint density at radius 2 is 1.92 bits per heavy atom. The van der Waals surface area contributed by atoms with E-state index >= 15 is 0 Å². The second-order valence-electron chi connectivity index (χ2n) is 8.32. The summed E-state index contributed by atoms with van der Waals surface area (Å²) >= 11 is 0. The molecule has 0 saturated heterocycles. The first kappa shape index (κ1) is 25.1. The summed E-state index contributed by atoms with van der Waals surface area (Å²) in [4.78, 5) is 22.4. The van der Waals surface area contributed by atoms with Crippen LogP contribution in [-0.4, -0.2) is 45.6 Å². The molecule has 1 unspecified atom stereocenters. The van der Waals surface area contributed by atoms with Crippen molar-refractivity contribution < 1.29 is 23.9 Å². The number of nitrogens with zero attached hydrogens (tertiary/aromatic N) is 3. The molecule has 188 valence electrons. The Morgan fingerprint density at radius 3 is 2.58 bits per heavy atom. The number of hydrogen-bond donors (Lipinski definition) is 3. The van der Waals surface area contributed by atoms with E-state index in [1.165, 1.54) is 19.2 Å². The van der Waals surface area contributed by atoms with Crippen LogP contribution in [0.4, 0.5) is 15.8 Å². The van der Waals surface area contributed by atoms with Gasteiger partial charge in [-0.2, -0.15) is 5.10 Å². The summed E-state index contributed by atoms with van der Waals surface area (Å²) in [5.74, 6) is -0.291. The molecular weight excluding hydrogens is 465 g/mol. The Kier molecular flexibility index (Phi) is 7.77. The second kappa shape index (κ2) is 11.1. The maximum absolute atomic E-state index is 14.8. The standard InChI is InChI=1S/C26H28FN5O4/c1-4-17-7-10-23(22(27)11-17)30-24-20-13-29-32(14-18-5-8-19(35-3)9-6-18)25(20)28-12-21(24)26(34)31-36-15-16(2)33/h5-13,16,33H,4,14-15H2,1-3H3,(H,28,30)(H,31,34). The summed E-state index contributed by atoms with van der Waals surface area (Å²) in [6.07, 6.45) is 2.91. The van der Waals surface area contributed by atoms with Crippen molar-refractivity contribution in [2.45, 2.75) is 32.9 Å². The van der Waals surface area contributed by atoms with Crippen molar-refractivity contribution in [3.63, 3.8) is 0 Å². The van der Waals surface area contributed by atoms with Crippen LogP contribution in [0.1, 0.15) is 35.3 Å². The van der Waals surface area contributed by atoms with E-state index < -0.39 is 17.8 Å². The van der Waals surface area contributed by atoms with Gasteiger partial charge in [0.1, 0.15) is 18.2 Å². The highest BCUT2D eigenvalue weighted by Crippen LogP contribution is 2.31. The number of benzene rings is 2. The topological polar surface area (TPSA) is 111 Å². The molecule has 4 rings (SSSR count). The number of carbonyl (C=O) groups excluding carboxylic acids is 1. The Labute approximate surface area is 207 Å². The Balaban J connectivity index is 1.72. The van der Waals surface area contributed by atoms with Gasteiger partial charge in [0.25, 0.3) is 5.91 Å². The van der Waals surface area contributed by atoms with Gasteiger partial charge < -0.3 is 15.2 Å². The van der Waals surface area contributed by atoms with Crippen LogP contribution in [0.15, 0.2) is 54.9 Å². The van der Waals surface area contributed by atoms with Crippen molar-refractivity contribution in [2.24, 2.45) is 0 Å². The highest BCUT2D eigenvalue weighted by Gasteiger charge is 2.20. The number of rotatable bonds is 10. The molecule has 0 aliphatic heterocycles. The van der Waals surface area contributed by atoms with Crippen molar-refractivity contribution >= 4 is 28.3 Å². The molecule has 4 aromatic rings. The largest absolute Gasteiger partial charge is 0.497 e. The predicted molar refractivity (Wildman–Crippen MR) is 134 cm³/mol. The van der Waals surface area contributed by atoms with E-state index in [0.29, 0.717) is 29.7 Å². The van der Waals surface area contributed by atoms with Gasteiger partial charge in [-0.05, 0) is 48.7 Å². The first-order chi connectivity index (χ1) is 17.4. The number of aromatic nitrogens is 3. The highest BCUT2D eigenvalue weighted by atomic mass is 19.1. The third-order valence-electron chi connectivity index (χ3n) is 5.59. The van der Waals surface area contributed by atoms with Crippen LogP contribution in [0.3, 0.4) is 0 Å². The number of carbonyl (C=O) groups is 1. The number of pyridine rings is 1. The summed E-state index contributed by atoms with van der Waals surface area (Å²) in [6, 6.07) is 12.5. The molecule has 2 aromatic carbocycles. The zero-order valence-electron chi connectivity index (χ0n) is 20.3. The molecule has 9 nitrogen and oxygen atoms in total. The molecule has 0 aliphatic rings. The fourth-order valence-electron chi connectivity index (χ4n) is 3.65. The minimum absolute atomic E-state index is 0.0862. The van der Waals surface area contributed by atoms with E-state index in [1.807, 2.05) is 37.3 Å². The van der Waals surface area contributed by atoms with Crippen LogP contribution < -0.4 is 15.5 Å². The fraction of sp³-hybridized carbons (Fsp3) is 0.269. The number of ether oxygens (including phenoxy) is 1. The van der Waals surface area contributed by atoms with Gasteiger partial charge in [-0.1, -0.05) is 25.1 Å². The molecule has 10 heteroatoms. The summed E-state index contributed by atoms with van der Waals surface area (Å²) in [5.41, 5.74) is 5.33. The van der Waals surface area contributed by atoms with Crippen LogP contribution in [0, 0.1) is 5.82 Å². The zero-order valence-corrected chi connectivity index (χ0v) is 20.3. The van der Waals surface area contributed by atoms with Gasteiger partial charge >= 0.3 is 0 Å². The first-order valence-corrected chi connectivity index (χ1v) is 11.5. The lowest BCUT2D eigenvalue weighted by molar-refractivity contribution is -0.00683. The van der Waals surface area contributed by atoms with Crippen molar-refractivity contribution in [3.8, 4) is 5.75 Å². The van der Waals surface area contributed by atoms with Gasteiger partial charge in [0.15, 0.2) is 5.65 Å². The molecular formula is C26H28FN5O4. The number of aryl methyl sites for hydroxylation is 1. The minimum Gasteiger partial charge on any atom is -0.497 e. The number of aliphatic hydroxyl groups excluding tert-OH is 1. The van der Waals surface area contributed by atoms with E-state index in [2.05, 4.69) is 20.9 Å². The van der Waals surface area contributed by atoms with E-state index in [9.17, 15) is 14.3 Å². The Morgan fingerprint density at radius 1 is 1.17 bits per heavy atom. The molecule has 3 N–H and O–H groups in total. The Bertz CT molecular complexity index is 1350. The van der Waals surface area contributed by atoms with Crippen molar-refractivity contribution in [1.82, 2.24) is 20.2 Å². The molecule has 36 heavy (non-hydrogen) atoms. The molecule has 0 aliphatic carbocycles. The number of halogens is 1. The number of hydroxylamine groups is 1. The summed E-state index contributed by atoms with van der Waals surface area (Å²) < 4.78 is 21.8. The van der Waals surface area contributed by atoms with E-state index in [4.69, 9.17) is 9.57 Å². The zero-order chi connectivity index (χ0) is 25.7. The third-order valence-corrected chi connectivity index (χ3v) is 5.59. The Hall–Kier alpha value is -4.02. The molecule has 1 atom stereocenters. The molecule has 0 fully saturated rings. The maximum Gasteiger partial charge on any atom is 0.278 e. The van der Waals surface area contributed by atoms with Gasteiger partial charge in [-0.15, -0.1) is 0 Å². The van der Waals surface area contributed by atoms with Gasteiger partial charge in [0.2, 0.25) is 0 Å². The molecule has 2 aromatic heterocycles. The first-order valence-electron chi connectivity index (χ1n) is 11.5. The van der Waals surface area contributed by atoms with Crippen molar-refractivity contribution in [1.29, 1.82) is 0 Å². The smallest absolute Gasteiger partial charge is 0.278 e. The van der Waals surface area contributed by atoms with Crippen molar-refractivity contribution in [2.75, 3.05) is 19.0 Å². The molecule has 0 radical (unpaired) electrons. The minimum atomic E-state index is -0.758. The number of methoxy groups -OCH3 is 1. The lowest BCUT2D eigenvalue weighted by Gasteiger charge is -2.15. The monoisotopic (exact) mass is 493 g/mol. The van der Waals surface area contributed by atoms with Crippen LogP contribution in [0.5, 0.6) is 5.75 Å². The van der Waals surface area contributed by atoms with Crippen LogP contribution in [-0.2, 0) is 17.8 Å². The van der Waals surface area contributed by atoms with Gasteiger partial charge in [-0.3, -0.25) is 9.63 Å². The number of hydrogen-bond acceptors (Lipinski definition) is 7. The second-order valence-corrected chi connectivity index (χ2v) is 8.32. The summed E-state index contributed by atoms with van der Waals surface area (Å²) in [7, 11) is 1.61. The summed E-state index contributed by atoms with van der Waals surface area (Å²) in [5, 5.41) is 17.4. The average Bonchev–Trinajstić information content (AvgIpc) is 3.28. The lowest BCUT2D eigenvalue weighted by atomic mass is 10.1. The normalized spacial score (nSPS) is 11.9. The van der Waals surface area contributed by atoms with E-state index in [0.717, 1.165) is 16.9 Å². The maximum atomic E-state index is 14.8. The average molecular weight is 494 g/mol. The number of nitrogens with one attached hydrogen (secondary N) is 2. The highest BCUT2D eigenvalue weighted by molar-refractivity contribution is 6.07. The van der Waals surface area contributed by atoms with E-state index in [1.54, 1.807) is 24.1 Å². The van der Waals surface area contributed by atoms with Gasteiger partial charge in [0, 0.05) is 6.20 Å². The van der Waals surface area contributed by atoms with Crippen LogP contribution in [0.25, 0.3) is 11.0 Å². The SMILES string of the molecule is CCc1ccc(Nc2c(C(=O)NOCC(C)O)cnc3c2cnn3Cc2ccc(OC)cc2)c(F)c1. The van der Waals surface area contributed by atoms with Crippen LogP contribution >= 0.6 is 0 Å². The third kappa shape index (κ3) is 5.61. The van der Waals surface area contributed by atoms with Gasteiger partial charge in [0.05, 0.1) is 48.3 Å². The predicted octanol–water partition coefficient (Wildman–Crippen LogP) is 3.98. The molecule has 1 amide bonds. The number of fused-ring (bicyclic) bond motifs is 1. The van der Waals surface area contributed by atoms with Crippen LogP contribution in [0.2, 0.25) is 0 Å². The molecule has 0 spiro atoms. The van der Waals surface area contributed by atoms with Gasteiger partial charge in [-0.25, -0.2) is 19.5 Å². The molecule has 2 heterocycles. The van der Waals surface area contributed by atoms with Crippen molar-refractivity contribution in [3.05, 3.63) is 77.4 Å². The summed E-state index contributed by atoms with van der Waals surface area (Å²) in [6.45, 7) is 3.83. The molecule has 0 bridgehead atoms. The van der Waals surface area contributed by atoms with E-state index in [-0.39, 0.29) is 17.9 Å². The lowest BCUT2D eigenvalue weighted by Crippen LogP contribution is -2.28. The fourth-order valence-corrected chi connectivity index (χ4v) is 3.65. The quantitative estimate of drug-likeness (QED) is 0.287. The molecule has 0 saturated carbocycles. The number of aliphatic hydroxyl groups is 1. The number of anilines is 2.